The maximum atomic E-state index is 6.33. The Balaban J connectivity index is 1.35. The summed E-state index contributed by atoms with van der Waals surface area (Å²) in [7, 11) is 0. The summed E-state index contributed by atoms with van der Waals surface area (Å²) in [4.78, 5) is 22.6. The van der Waals surface area contributed by atoms with Crippen LogP contribution < -0.4 is 4.74 Å². The highest BCUT2D eigenvalue weighted by atomic mass is 35.5. The number of nitrogens with one attached hydrogen (secondary N) is 1. The molecule has 0 spiro atoms. The van der Waals surface area contributed by atoms with Gasteiger partial charge in [-0.15, -0.1) is 11.3 Å². The third-order valence-electron chi connectivity index (χ3n) is 4.98. The molecule has 0 saturated carbocycles. The van der Waals surface area contributed by atoms with E-state index in [9.17, 15) is 0 Å². The number of ether oxygens (including phenoxy) is 1. The van der Waals surface area contributed by atoms with Crippen molar-refractivity contribution in [3.63, 3.8) is 0 Å². The lowest BCUT2D eigenvalue weighted by Crippen LogP contribution is -2.07. The lowest BCUT2D eigenvalue weighted by Gasteiger charge is -2.10. The molecule has 1 aromatic carbocycles. The van der Waals surface area contributed by atoms with E-state index in [0.717, 1.165) is 64.5 Å². The lowest BCUT2D eigenvalue weighted by atomic mass is 10.1. The van der Waals surface area contributed by atoms with Crippen LogP contribution in [0.25, 0.3) is 11.0 Å². The SMILES string of the molecule is Cc1nc(C)c(CCc2nc(OCCCc3nc4ccccc4[nH]3)nc(Cl)c2C)s1. The molecule has 0 aliphatic heterocycles. The van der Waals surface area contributed by atoms with Gasteiger partial charge in [0.15, 0.2) is 0 Å². The van der Waals surface area contributed by atoms with Gasteiger partial charge >= 0.3 is 6.01 Å². The number of H-pyrrole nitrogens is 1. The van der Waals surface area contributed by atoms with Gasteiger partial charge in [0, 0.05) is 16.9 Å². The van der Waals surface area contributed by atoms with Gasteiger partial charge in [-0.3, -0.25) is 0 Å². The van der Waals surface area contributed by atoms with E-state index >= 15 is 0 Å². The van der Waals surface area contributed by atoms with Crippen LogP contribution in [0.1, 0.15) is 39.1 Å². The summed E-state index contributed by atoms with van der Waals surface area (Å²) in [6, 6.07) is 8.36. The van der Waals surface area contributed by atoms with Crippen molar-refractivity contribution in [3.8, 4) is 6.01 Å². The first-order valence-corrected chi connectivity index (χ1v) is 11.2. The molecule has 3 heterocycles. The van der Waals surface area contributed by atoms with E-state index in [1.807, 2.05) is 38.1 Å². The number of aromatic nitrogens is 5. The second-order valence-electron chi connectivity index (χ2n) is 7.26. The molecule has 0 radical (unpaired) electrons. The van der Waals surface area contributed by atoms with Gasteiger partial charge in [-0.05, 0) is 52.2 Å². The molecular formula is C22H24ClN5OS. The Morgan fingerprint density at radius 2 is 1.83 bits per heavy atom. The number of hydrogen-bond acceptors (Lipinski definition) is 6. The van der Waals surface area contributed by atoms with Gasteiger partial charge in [-0.2, -0.15) is 9.97 Å². The largest absolute Gasteiger partial charge is 0.463 e. The highest BCUT2D eigenvalue weighted by Gasteiger charge is 2.13. The van der Waals surface area contributed by atoms with Gasteiger partial charge in [-0.25, -0.2) is 9.97 Å². The predicted octanol–water partition coefficient (Wildman–Crippen LogP) is 5.18. The standard InChI is InChI=1S/C22H24ClN5OS/c1-13-16(10-11-19-14(2)24-15(3)30-19)27-22(28-21(13)23)29-12-6-9-20-25-17-7-4-5-8-18(17)26-20/h4-5,7-8H,6,9-12H2,1-3H3,(H,25,26). The molecule has 0 aliphatic carbocycles. The fraction of sp³-hybridized carbons (Fsp3) is 0.364. The Labute approximate surface area is 184 Å². The maximum absolute atomic E-state index is 6.33. The van der Waals surface area contributed by atoms with Crippen molar-refractivity contribution in [1.82, 2.24) is 24.9 Å². The summed E-state index contributed by atoms with van der Waals surface area (Å²) >= 11 is 8.07. The van der Waals surface area contributed by atoms with Gasteiger partial charge in [0.2, 0.25) is 0 Å². The number of imidazole rings is 1. The number of thiazole rings is 1. The van der Waals surface area contributed by atoms with Crippen LogP contribution in [0.2, 0.25) is 5.15 Å². The number of aromatic amines is 1. The molecule has 8 heteroatoms. The van der Waals surface area contributed by atoms with Crippen LogP contribution in [0.3, 0.4) is 0 Å². The van der Waals surface area contributed by atoms with E-state index in [4.69, 9.17) is 16.3 Å². The molecule has 3 aromatic heterocycles. The Hall–Kier alpha value is -2.51. The van der Waals surface area contributed by atoms with Crippen LogP contribution in [-0.4, -0.2) is 31.5 Å². The molecular weight excluding hydrogens is 418 g/mol. The number of hydrogen-bond donors (Lipinski definition) is 1. The Morgan fingerprint density at radius 3 is 2.60 bits per heavy atom. The molecule has 6 nitrogen and oxygen atoms in total. The summed E-state index contributed by atoms with van der Waals surface area (Å²) in [6.45, 7) is 6.54. The van der Waals surface area contributed by atoms with Crippen molar-refractivity contribution in [2.45, 2.75) is 46.5 Å². The smallest absolute Gasteiger partial charge is 0.318 e. The second-order valence-corrected chi connectivity index (χ2v) is 8.91. The summed E-state index contributed by atoms with van der Waals surface area (Å²) < 4.78 is 5.80. The maximum Gasteiger partial charge on any atom is 0.318 e. The monoisotopic (exact) mass is 441 g/mol. The zero-order valence-corrected chi connectivity index (χ0v) is 18.9. The molecule has 0 fully saturated rings. The van der Waals surface area contributed by atoms with Crippen molar-refractivity contribution in [1.29, 1.82) is 0 Å². The van der Waals surface area contributed by atoms with E-state index in [1.165, 1.54) is 4.88 Å². The average Bonchev–Trinajstić information content (AvgIpc) is 3.28. The number of rotatable bonds is 8. The summed E-state index contributed by atoms with van der Waals surface area (Å²) in [5.74, 6) is 0.957. The van der Waals surface area contributed by atoms with Gasteiger partial charge in [0.05, 0.1) is 34.0 Å². The molecule has 0 amide bonds. The molecule has 4 rings (SSSR count). The van der Waals surface area contributed by atoms with E-state index < -0.39 is 0 Å². The van der Waals surface area contributed by atoms with Crippen molar-refractivity contribution in [2.24, 2.45) is 0 Å². The van der Waals surface area contributed by atoms with Crippen molar-refractivity contribution in [3.05, 3.63) is 62.1 Å². The number of nitrogens with zero attached hydrogens (tertiary/aromatic N) is 4. The van der Waals surface area contributed by atoms with Crippen LogP contribution in [0.4, 0.5) is 0 Å². The second kappa shape index (κ2) is 9.10. The Kier molecular flexibility index (Phi) is 6.29. The van der Waals surface area contributed by atoms with Crippen molar-refractivity contribution >= 4 is 34.0 Å². The number of para-hydroxylation sites is 2. The van der Waals surface area contributed by atoms with E-state index in [0.29, 0.717) is 17.8 Å². The fourth-order valence-corrected chi connectivity index (χ4v) is 4.50. The van der Waals surface area contributed by atoms with Crippen LogP contribution in [0, 0.1) is 20.8 Å². The minimum atomic E-state index is 0.336. The minimum absolute atomic E-state index is 0.336. The molecule has 0 unspecified atom stereocenters. The Morgan fingerprint density at radius 1 is 1.00 bits per heavy atom. The zero-order valence-electron chi connectivity index (χ0n) is 17.3. The normalized spacial score (nSPS) is 11.3. The van der Waals surface area contributed by atoms with Crippen molar-refractivity contribution < 1.29 is 4.74 Å². The van der Waals surface area contributed by atoms with E-state index in [-0.39, 0.29) is 0 Å². The summed E-state index contributed by atoms with van der Waals surface area (Å²) in [5.41, 5.74) is 4.96. The molecule has 0 aliphatic rings. The number of aryl methyl sites for hydroxylation is 5. The van der Waals surface area contributed by atoms with Gasteiger partial charge in [0.1, 0.15) is 11.0 Å². The van der Waals surface area contributed by atoms with Crippen LogP contribution in [0.15, 0.2) is 24.3 Å². The summed E-state index contributed by atoms with van der Waals surface area (Å²) in [5, 5.41) is 1.54. The highest BCUT2D eigenvalue weighted by Crippen LogP contribution is 2.23. The van der Waals surface area contributed by atoms with Crippen LogP contribution in [0.5, 0.6) is 6.01 Å². The zero-order chi connectivity index (χ0) is 21.1. The molecule has 1 N–H and O–H groups in total. The van der Waals surface area contributed by atoms with E-state index in [1.54, 1.807) is 11.3 Å². The number of benzene rings is 1. The molecule has 156 valence electrons. The van der Waals surface area contributed by atoms with Crippen LogP contribution >= 0.6 is 22.9 Å². The van der Waals surface area contributed by atoms with Gasteiger partial charge in [-0.1, -0.05) is 23.7 Å². The number of halogens is 1. The topological polar surface area (TPSA) is 76.6 Å². The third kappa shape index (κ3) is 4.79. The van der Waals surface area contributed by atoms with Gasteiger partial charge in [0.25, 0.3) is 0 Å². The Bertz CT molecular complexity index is 1140. The average molecular weight is 442 g/mol. The molecule has 0 atom stereocenters. The van der Waals surface area contributed by atoms with Crippen LogP contribution in [-0.2, 0) is 19.3 Å². The quantitative estimate of drug-likeness (QED) is 0.301. The molecule has 4 aromatic rings. The minimum Gasteiger partial charge on any atom is -0.463 e. The molecule has 0 bridgehead atoms. The first-order chi connectivity index (χ1) is 14.5. The third-order valence-corrected chi connectivity index (χ3v) is 6.48. The first kappa shape index (κ1) is 20.8. The lowest BCUT2D eigenvalue weighted by molar-refractivity contribution is 0.284. The van der Waals surface area contributed by atoms with Gasteiger partial charge < -0.3 is 9.72 Å². The molecule has 30 heavy (non-hydrogen) atoms. The highest BCUT2D eigenvalue weighted by molar-refractivity contribution is 7.11. The predicted molar refractivity (Wildman–Crippen MR) is 121 cm³/mol. The van der Waals surface area contributed by atoms with E-state index in [2.05, 4.69) is 31.8 Å². The summed E-state index contributed by atoms with van der Waals surface area (Å²) in [6.07, 6.45) is 3.28. The molecule has 0 saturated heterocycles. The fourth-order valence-electron chi connectivity index (χ4n) is 3.38. The number of fused-ring (bicyclic) bond motifs is 1. The first-order valence-electron chi connectivity index (χ1n) is 10.0. The van der Waals surface area contributed by atoms with Crippen molar-refractivity contribution in [2.75, 3.05) is 6.61 Å².